The number of hydrogen-bond acceptors (Lipinski definition) is 6. The summed E-state index contributed by atoms with van der Waals surface area (Å²) in [7, 11) is 0. The van der Waals surface area contributed by atoms with Crippen molar-refractivity contribution in [2.75, 3.05) is 13.2 Å². The summed E-state index contributed by atoms with van der Waals surface area (Å²) in [6.45, 7) is 5.46. The molecule has 1 aromatic rings. The van der Waals surface area contributed by atoms with Gasteiger partial charge in [-0.1, -0.05) is 36.4 Å². The van der Waals surface area contributed by atoms with Gasteiger partial charge in [0, 0.05) is 12.5 Å². The molecule has 0 saturated carbocycles. The summed E-state index contributed by atoms with van der Waals surface area (Å²) in [4.78, 5) is 11.5. The van der Waals surface area contributed by atoms with E-state index in [2.05, 4.69) is 11.9 Å². The molecule has 2 N–H and O–H groups in total. The Hall–Kier alpha value is -1.77. The molecule has 1 amide bonds. The fourth-order valence-corrected chi connectivity index (χ4v) is 3.07. The first kappa shape index (κ1) is 18.0. The number of fused-ring (bicyclic) bond motifs is 1. The highest BCUT2D eigenvalue weighted by molar-refractivity contribution is 5.73. The van der Waals surface area contributed by atoms with Crippen LogP contribution in [0, 0.1) is 0 Å². The molecular formula is C18H23NO6. The van der Waals surface area contributed by atoms with E-state index in [1.165, 1.54) is 6.92 Å². The van der Waals surface area contributed by atoms with Crippen molar-refractivity contribution >= 4 is 5.91 Å². The van der Waals surface area contributed by atoms with E-state index in [0.29, 0.717) is 0 Å². The van der Waals surface area contributed by atoms with Crippen LogP contribution in [0.5, 0.6) is 0 Å². The van der Waals surface area contributed by atoms with E-state index < -0.39 is 36.9 Å². The zero-order valence-corrected chi connectivity index (χ0v) is 14.0. The Labute approximate surface area is 146 Å². The minimum absolute atomic E-state index is 0.235. The van der Waals surface area contributed by atoms with Crippen LogP contribution >= 0.6 is 0 Å². The Balaban J connectivity index is 1.75. The summed E-state index contributed by atoms with van der Waals surface area (Å²) in [5, 5.41) is 13.5. The van der Waals surface area contributed by atoms with E-state index in [4.69, 9.17) is 18.9 Å². The molecule has 1 aromatic carbocycles. The average Bonchev–Trinajstić information content (AvgIpc) is 2.63. The molecule has 0 unspecified atom stereocenters. The van der Waals surface area contributed by atoms with Gasteiger partial charge in [-0.25, -0.2) is 0 Å². The van der Waals surface area contributed by atoms with Gasteiger partial charge in [0.2, 0.25) is 5.91 Å². The molecular weight excluding hydrogens is 326 g/mol. The van der Waals surface area contributed by atoms with Crippen molar-refractivity contribution in [2.45, 2.75) is 43.9 Å². The number of benzene rings is 1. The second-order valence-electron chi connectivity index (χ2n) is 6.06. The van der Waals surface area contributed by atoms with Crippen molar-refractivity contribution < 1.29 is 28.8 Å². The number of nitrogens with one attached hydrogen (secondary N) is 1. The number of aliphatic hydroxyl groups excluding tert-OH is 1. The fourth-order valence-electron chi connectivity index (χ4n) is 3.07. The lowest BCUT2D eigenvalue weighted by molar-refractivity contribution is -0.343. The van der Waals surface area contributed by atoms with Crippen molar-refractivity contribution in [3.63, 3.8) is 0 Å². The highest BCUT2D eigenvalue weighted by Crippen LogP contribution is 2.34. The van der Waals surface area contributed by atoms with Gasteiger partial charge in [-0.15, -0.1) is 6.58 Å². The highest BCUT2D eigenvalue weighted by Gasteiger charge is 2.50. The molecule has 7 nitrogen and oxygen atoms in total. The summed E-state index contributed by atoms with van der Waals surface area (Å²) in [6.07, 6.45) is -1.95. The minimum atomic E-state index is -0.993. The number of ether oxygens (including phenoxy) is 4. The third-order valence-electron chi connectivity index (χ3n) is 4.19. The Morgan fingerprint density at radius 1 is 1.40 bits per heavy atom. The predicted octanol–water partition coefficient (Wildman–Crippen LogP) is 0.894. The number of aliphatic hydroxyl groups is 1. The van der Waals surface area contributed by atoms with Gasteiger partial charge in [0.15, 0.2) is 12.6 Å². The molecule has 0 aliphatic carbocycles. The first-order chi connectivity index (χ1) is 12.1. The van der Waals surface area contributed by atoms with Gasteiger partial charge in [0.05, 0.1) is 13.2 Å². The molecule has 136 valence electrons. The van der Waals surface area contributed by atoms with Crippen LogP contribution in [0.15, 0.2) is 43.0 Å². The van der Waals surface area contributed by atoms with Gasteiger partial charge >= 0.3 is 0 Å². The lowest BCUT2D eigenvalue weighted by Crippen LogP contribution is -2.66. The molecule has 7 heteroatoms. The molecule has 2 aliphatic rings. The highest BCUT2D eigenvalue weighted by atomic mass is 16.7. The second-order valence-corrected chi connectivity index (χ2v) is 6.06. The third kappa shape index (κ3) is 4.08. The van der Waals surface area contributed by atoms with Crippen molar-refractivity contribution in [3.8, 4) is 0 Å². The van der Waals surface area contributed by atoms with Crippen LogP contribution in [0.4, 0.5) is 0 Å². The van der Waals surface area contributed by atoms with Crippen LogP contribution in [-0.4, -0.2) is 54.9 Å². The molecule has 2 heterocycles. The second kappa shape index (κ2) is 8.07. The lowest BCUT2D eigenvalue weighted by Gasteiger charge is -2.47. The van der Waals surface area contributed by atoms with Crippen molar-refractivity contribution in [1.29, 1.82) is 0 Å². The number of carbonyl (C=O) groups excluding carboxylic acids is 1. The largest absolute Gasteiger partial charge is 0.388 e. The number of carbonyl (C=O) groups is 1. The molecule has 25 heavy (non-hydrogen) atoms. The van der Waals surface area contributed by atoms with Crippen LogP contribution in [0.25, 0.3) is 0 Å². The summed E-state index contributed by atoms with van der Waals surface area (Å²) in [5.41, 5.74) is 0.856. The normalized spacial score (nSPS) is 34.8. The van der Waals surface area contributed by atoms with Crippen LogP contribution < -0.4 is 5.32 Å². The van der Waals surface area contributed by atoms with Crippen LogP contribution in [0.1, 0.15) is 18.8 Å². The summed E-state index contributed by atoms with van der Waals surface area (Å²) >= 11 is 0. The molecule has 0 radical (unpaired) electrons. The standard InChI is InChI=1S/C18H23NO6/c1-3-9-22-18-14(19-11(2)20)15(21)16-13(24-18)10-23-17(25-16)12-7-5-4-6-8-12/h3-8,13-18,21H,1,9-10H2,2H3,(H,19,20)/t13-,14-,15-,16-,17+,18-/m1/s1. The maximum absolute atomic E-state index is 11.5. The topological polar surface area (TPSA) is 86.2 Å². The number of amides is 1. The summed E-state index contributed by atoms with van der Waals surface area (Å²) < 4.78 is 23.1. The molecule has 2 aliphatic heterocycles. The van der Waals surface area contributed by atoms with Gasteiger partial charge in [0.25, 0.3) is 0 Å². The van der Waals surface area contributed by atoms with Gasteiger partial charge in [-0.3, -0.25) is 4.79 Å². The van der Waals surface area contributed by atoms with Gasteiger partial charge < -0.3 is 29.4 Å². The zero-order chi connectivity index (χ0) is 17.8. The maximum Gasteiger partial charge on any atom is 0.217 e. The molecule has 3 rings (SSSR count). The summed E-state index contributed by atoms with van der Waals surface area (Å²) in [6, 6.07) is 8.73. The quantitative estimate of drug-likeness (QED) is 0.768. The van der Waals surface area contributed by atoms with E-state index in [9.17, 15) is 9.90 Å². The van der Waals surface area contributed by atoms with Crippen molar-refractivity contribution in [2.24, 2.45) is 0 Å². The molecule has 2 saturated heterocycles. The van der Waals surface area contributed by atoms with E-state index in [1.54, 1.807) is 6.08 Å². The molecule has 0 bridgehead atoms. The van der Waals surface area contributed by atoms with Crippen LogP contribution in [-0.2, 0) is 23.7 Å². The van der Waals surface area contributed by atoms with Gasteiger partial charge in [0.1, 0.15) is 24.4 Å². The lowest BCUT2D eigenvalue weighted by atomic mass is 9.95. The van der Waals surface area contributed by atoms with Crippen LogP contribution in [0.2, 0.25) is 0 Å². The van der Waals surface area contributed by atoms with E-state index in [1.807, 2.05) is 30.3 Å². The number of rotatable bonds is 5. The third-order valence-corrected chi connectivity index (χ3v) is 4.19. The Morgan fingerprint density at radius 2 is 2.16 bits per heavy atom. The summed E-state index contributed by atoms with van der Waals surface area (Å²) in [5.74, 6) is -0.287. The SMILES string of the molecule is C=CCO[C@@H]1O[C@@H]2CO[C@H](c3ccccc3)O[C@H]2[C@H](O)[C@H]1NC(C)=O. The minimum Gasteiger partial charge on any atom is -0.388 e. The van der Waals surface area contributed by atoms with Gasteiger partial charge in [-0.05, 0) is 0 Å². The van der Waals surface area contributed by atoms with Gasteiger partial charge in [-0.2, -0.15) is 0 Å². The fraction of sp³-hybridized carbons (Fsp3) is 0.500. The molecule has 0 aromatic heterocycles. The van der Waals surface area contributed by atoms with Crippen molar-refractivity contribution in [1.82, 2.24) is 5.32 Å². The predicted molar refractivity (Wildman–Crippen MR) is 88.4 cm³/mol. The Morgan fingerprint density at radius 3 is 2.84 bits per heavy atom. The van der Waals surface area contributed by atoms with E-state index in [0.717, 1.165) is 5.56 Å². The number of hydrogen-bond donors (Lipinski definition) is 2. The molecule has 6 atom stereocenters. The smallest absolute Gasteiger partial charge is 0.217 e. The van der Waals surface area contributed by atoms with Crippen LogP contribution in [0.3, 0.4) is 0 Å². The Kier molecular flexibility index (Phi) is 5.82. The van der Waals surface area contributed by atoms with Crippen molar-refractivity contribution in [3.05, 3.63) is 48.6 Å². The molecule has 0 spiro atoms. The van der Waals surface area contributed by atoms with E-state index >= 15 is 0 Å². The first-order valence-corrected chi connectivity index (χ1v) is 8.25. The molecule has 2 fully saturated rings. The zero-order valence-electron chi connectivity index (χ0n) is 14.0. The average molecular weight is 349 g/mol. The maximum atomic E-state index is 11.5. The first-order valence-electron chi connectivity index (χ1n) is 8.25. The monoisotopic (exact) mass is 349 g/mol. The van der Waals surface area contributed by atoms with E-state index in [-0.39, 0.29) is 19.1 Å². The Bertz CT molecular complexity index is 594.